The number of hydrogen-bond acceptors (Lipinski definition) is 9. The number of carboxylic acids is 1. The van der Waals surface area contributed by atoms with E-state index in [9.17, 15) is 9.59 Å². The molecular weight excluding hydrogens is 600 g/mol. The minimum absolute atomic E-state index is 0.207. The van der Waals surface area contributed by atoms with E-state index in [1.165, 1.54) is 19.2 Å². The number of anilines is 2. The molecule has 47 heavy (non-hydrogen) atoms. The van der Waals surface area contributed by atoms with Crippen molar-refractivity contribution in [3.8, 4) is 11.5 Å². The number of carbonyl (C=O) groups is 2. The number of aromatic carboxylic acids is 1. The lowest BCUT2D eigenvalue weighted by atomic mass is 10.2. The van der Waals surface area contributed by atoms with Gasteiger partial charge < -0.3 is 25.6 Å². The number of nitrogen functional groups attached to an aromatic ring is 1. The maximum atomic E-state index is 12.2. The van der Waals surface area contributed by atoms with Crippen molar-refractivity contribution in [2.24, 2.45) is 0 Å². The zero-order valence-corrected chi connectivity index (χ0v) is 25.8. The van der Waals surface area contributed by atoms with Gasteiger partial charge in [0.1, 0.15) is 17.3 Å². The minimum Gasteiger partial charge on any atom is -0.497 e. The Morgan fingerprint density at radius 3 is 1.60 bits per heavy atom. The highest BCUT2D eigenvalue weighted by atomic mass is 16.5. The SMILES string of the molecule is COc1ccc(C(=O)Nc2ccn(Cc3ccncc3)n2)cc1.COc1ccc(C(=O)O)cc1.Nc1ccn(Cc2ccncc2)n1. The largest absolute Gasteiger partial charge is 0.497 e. The van der Waals surface area contributed by atoms with E-state index >= 15 is 0 Å². The Bertz CT molecular complexity index is 1820. The summed E-state index contributed by atoms with van der Waals surface area (Å²) < 4.78 is 13.5. The molecule has 0 spiro atoms. The molecule has 13 heteroatoms. The summed E-state index contributed by atoms with van der Waals surface area (Å²) in [6.45, 7) is 1.36. The molecule has 0 unspecified atom stereocenters. The van der Waals surface area contributed by atoms with Crippen LogP contribution < -0.4 is 20.5 Å². The van der Waals surface area contributed by atoms with E-state index in [4.69, 9.17) is 20.3 Å². The number of methoxy groups -OCH3 is 2. The van der Waals surface area contributed by atoms with Crippen molar-refractivity contribution in [3.05, 3.63) is 144 Å². The molecular formula is C34H34N8O5. The van der Waals surface area contributed by atoms with Crippen LogP contribution in [0.3, 0.4) is 0 Å². The summed E-state index contributed by atoms with van der Waals surface area (Å²) in [6.07, 6.45) is 10.7. The Kier molecular flexibility index (Phi) is 12.2. The zero-order valence-electron chi connectivity index (χ0n) is 25.8. The van der Waals surface area contributed by atoms with Crippen LogP contribution in [0.25, 0.3) is 0 Å². The van der Waals surface area contributed by atoms with Crippen molar-refractivity contribution >= 4 is 23.5 Å². The molecule has 0 fully saturated rings. The molecule has 6 aromatic rings. The van der Waals surface area contributed by atoms with Gasteiger partial charge in [0.2, 0.25) is 0 Å². The number of rotatable bonds is 9. The number of carbonyl (C=O) groups excluding carboxylic acids is 1. The summed E-state index contributed by atoms with van der Waals surface area (Å²) in [5, 5.41) is 19.7. The van der Waals surface area contributed by atoms with Crippen molar-refractivity contribution in [2.45, 2.75) is 13.1 Å². The lowest BCUT2D eigenvalue weighted by molar-refractivity contribution is 0.0696. The molecule has 13 nitrogen and oxygen atoms in total. The fourth-order valence-corrected chi connectivity index (χ4v) is 4.00. The molecule has 4 N–H and O–H groups in total. The third-order valence-corrected chi connectivity index (χ3v) is 6.42. The maximum Gasteiger partial charge on any atom is 0.335 e. The number of amides is 1. The first-order valence-electron chi connectivity index (χ1n) is 14.3. The van der Waals surface area contributed by atoms with Gasteiger partial charge in [-0.2, -0.15) is 10.2 Å². The number of hydrogen-bond donors (Lipinski definition) is 3. The number of pyridine rings is 2. The molecule has 4 aromatic heterocycles. The normalized spacial score (nSPS) is 10.0. The van der Waals surface area contributed by atoms with Crippen LogP contribution in [0.2, 0.25) is 0 Å². The third-order valence-electron chi connectivity index (χ3n) is 6.42. The van der Waals surface area contributed by atoms with Gasteiger partial charge in [-0.3, -0.25) is 24.1 Å². The average molecular weight is 635 g/mol. The molecule has 0 radical (unpaired) electrons. The molecule has 0 aliphatic carbocycles. The highest BCUT2D eigenvalue weighted by Crippen LogP contribution is 2.14. The molecule has 0 saturated heterocycles. The molecule has 0 aliphatic heterocycles. The quantitative estimate of drug-likeness (QED) is 0.199. The molecule has 0 aliphatic rings. The molecule has 0 saturated carbocycles. The van der Waals surface area contributed by atoms with Gasteiger partial charge in [0.15, 0.2) is 5.82 Å². The second-order valence-corrected chi connectivity index (χ2v) is 9.76. The Morgan fingerprint density at radius 2 is 1.15 bits per heavy atom. The van der Waals surface area contributed by atoms with Crippen LogP contribution in [-0.4, -0.2) is 60.7 Å². The van der Waals surface area contributed by atoms with Crippen LogP contribution >= 0.6 is 0 Å². The summed E-state index contributed by atoms with van der Waals surface area (Å²) in [7, 11) is 3.13. The summed E-state index contributed by atoms with van der Waals surface area (Å²) in [5.74, 6) is 1.31. The third kappa shape index (κ3) is 10.9. The van der Waals surface area contributed by atoms with Gasteiger partial charge in [-0.15, -0.1) is 0 Å². The van der Waals surface area contributed by atoms with Crippen LogP contribution in [0.15, 0.2) is 122 Å². The number of aromatic nitrogens is 6. The second-order valence-electron chi connectivity index (χ2n) is 9.76. The number of nitrogens with two attached hydrogens (primary N) is 1. The van der Waals surface area contributed by atoms with E-state index in [1.54, 1.807) is 89.8 Å². The van der Waals surface area contributed by atoms with E-state index < -0.39 is 5.97 Å². The Hall–Kier alpha value is -6.50. The fraction of sp³-hybridized carbons (Fsp3) is 0.118. The summed E-state index contributed by atoms with van der Waals surface area (Å²) in [6, 6.07) is 24.5. The topological polar surface area (TPSA) is 172 Å². The van der Waals surface area contributed by atoms with E-state index in [0.29, 0.717) is 35.2 Å². The standard InChI is InChI=1S/C17H16N4O2.C9H10N4.C8H8O3/c1-23-15-4-2-14(3-5-15)17(22)19-16-8-11-21(20-16)12-13-6-9-18-10-7-13;10-9-3-6-13(12-9)7-8-1-4-11-5-2-8;1-11-7-4-2-6(3-5-7)8(9)10/h2-11H,12H2,1H3,(H,19,20,22);1-6H,7H2,(H2,10,12);2-5H,1H3,(H,9,10). The average Bonchev–Trinajstić information content (AvgIpc) is 3.73. The summed E-state index contributed by atoms with van der Waals surface area (Å²) in [4.78, 5) is 30.5. The van der Waals surface area contributed by atoms with Crippen molar-refractivity contribution in [2.75, 3.05) is 25.3 Å². The Morgan fingerprint density at radius 1 is 0.681 bits per heavy atom. The monoisotopic (exact) mass is 634 g/mol. The summed E-state index contributed by atoms with van der Waals surface area (Å²) in [5.41, 5.74) is 8.57. The maximum absolute atomic E-state index is 12.2. The van der Waals surface area contributed by atoms with Crippen LogP contribution in [0, 0.1) is 0 Å². The molecule has 0 atom stereocenters. The zero-order chi connectivity index (χ0) is 33.4. The van der Waals surface area contributed by atoms with Gasteiger partial charge in [-0.05, 0) is 90.0 Å². The molecule has 2 aromatic carbocycles. The van der Waals surface area contributed by atoms with E-state index in [-0.39, 0.29) is 11.5 Å². The molecule has 1 amide bonds. The predicted molar refractivity (Wildman–Crippen MR) is 176 cm³/mol. The highest BCUT2D eigenvalue weighted by molar-refractivity contribution is 6.03. The smallest absolute Gasteiger partial charge is 0.335 e. The van der Waals surface area contributed by atoms with E-state index in [1.807, 2.05) is 36.7 Å². The van der Waals surface area contributed by atoms with Gasteiger partial charge in [-0.25, -0.2) is 4.79 Å². The van der Waals surface area contributed by atoms with Crippen molar-refractivity contribution in [1.29, 1.82) is 0 Å². The van der Waals surface area contributed by atoms with Gasteiger partial charge in [0.25, 0.3) is 5.91 Å². The summed E-state index contributed by atoms with van der Waals surface area (Å²) >= 11 is 0. The molecule has 6 rings (SSSR count). The fourth-order valence-electron chi connectivity index (χ4n) is 4.00. The number of nitrogens with zero attached hydrogens (tertiary/aromatic N) is 6. The van der Waals surface area contributed by atoms with E-state index in [2.05, 4.69) is 25.5 Å². The van der Waals surface area contributed by atoms with Crippen molar-refractivity contribution in [3.63, 3.8) is 0 Å². The van der Waals surface area contributed by atoms with Gasteiger partial charge in [-0.1, -0.05) is 0 Å². The second kappa shape index (κ2) is 17.1. The number of nitrogens with one attached hydrogen (secondary N) is 1. The van der Waals surface area contributed by atoms with Crippen LogP contribution in [0.5, 0.6) is 11.5 Å². The van der Waals surface area contributed by atoms with E-state index in [0.717, 1.165) is 17.7 Å². The first-order valence-corrected chi connectivity index (χ1v) is 14.3. The van der Waals surface area contributed by atoms with Gasteiger partial charge in [0, 0.05) is 48.8 Å². The molecule has 4 heterocycles. The first kappa shape index (κ1) is 33.4. The number of benzene rings is 2. The minimum atomic E-state index is -0.923. The van der Waals surface area contributed by atoms with Gasteiger partial charge in [0.05, 0.1) is 32.9 Å². The van der Waals surface area contributed by atoms with Crippen molar-refractivity contribution < 1.29 is 24.2 Å². The lowest BCUT2D eigenvalue weighted by Crippen LogP contribution is -2.12. The van der Waals surface area contributed by atoms with Crippen LogP contribution in [0.1, 0.15) is 31.8 Å². The first-order chi connectivity index (χ1) is 22.8. The molecule has 240 valence electrons. The predicted octanol–water partition coefficient (Wildman–Crippen LogP) is 4.89. The highest BCUT2D eigenvalue weighted by Gasteiger charge is 2.08. The number of carboxylic acid groups (broad SMARTS) is 1. The van der Waals surface area contributed by atoms with Crippen LogP contribution in [0.4, 0.5) is 11.6 Å². The molecule has 0 bridgehead atoms. The Labute approximate surface area is 271 Å². The van der Waals surface area contributed by atoms with Gasteiger partial charge >= 0.3 is 5.97 Å². The number of ether oxygens (including phenoxy) is 2. The lowest BCUT2D eigenvalue weighted by Gasteiger charge is -2.04. The Balaban J connectivity index is 0.000000176. The van der Waals surface area contributed by atoms with Crippen molar-refractivity contribution in [1.82, 2.24) is 29.5 Å². The van der Waals surface area contributed by atoms with Crippen LogP contribution in [-0.2, 0) is 13.1 Å².